The molecule has 2 saturated heterocycles. The van der Waals surface area contributed by atoms with Gasteiger partial charge in [-0.15, -0.1) is 0 Å². The smallest absolute Gasteiger partial charge is 0.220 e. The Kier molecular flexibility index (Phi) is 42.0. The van der Waals surface area contributed by atoms with Gasteiger partial charge in [0.1, 0.15) is 48.8 Å². The van der Waals surface area contributed by atoms with Crippen LogP contribution < -0.4 is 5.32 Å². The van der Waals surface area contributed by atoms with E-state index >= 15 is 0 Å². The van der Waals surface area contributed by atoms with Gasteiger partial charge in [0.25, 0.3) is 0 Å². The summed E-state index contributed by atoms with van der Waals surface area (Å²) in [5, 5.41) is 87.1. The summed E-state index contributed by atoms with van der Waals surface area (Å²) in [6, 6.07) is -0.821. The molecule has 2 aliphatic rings. The second-order valence-electron chi connectivity index (χ2n) is 21.8. The Labute approximate surface area is 438 Å². The normalized spacial score (nSPS) is 25.5. The highest BCUT2D eigenvalue weighted by molar-refractivity contribution is 5.76. The molecule has 0 spiro atoms. The lowest BCUT2D eigenvalue weighted by molar-refractivity contribution is -0.359. The van der Waals surface area contributed by atoms with Crippen molar-refractivity contribution < 1.29 is 64.6 Å². The third kappa shape index (κ3) is 30.7. The summed E-state index contributed by atoms with van der Waals surface area (Å²) >= 11 is 0. The summed E-state index contributed by atoms with van der Waals surface area (Å²) in [6.07, 6.45) is 32.6. The lowest BCUT2D eigenvalue weighted by Gasteiger charge is -2.46. The minimum atomic E-state index is -1.78. The van der Waals surface area contributed by atoms with Crippen LogP contribution in [0.4, 0.5) is 0 Å². The molecule has 12 atom stereocenters. The van der Waals surface area contributed by atoms with Crippen molar-refractivity contribution in [1.29, 1.82) is 0 Å². The predicted molar refractivity (Wildman–Crippen MR) is 286 cm³/mol. The van der Waals surface area contributed by atoms with Gasteiger partial charge in [0.15, 0.2) is 12.6 Å². The van der Waals surface area contributed by atoms with Crippen molar-refractivity contribution in [1.82, 2.24) is 5.32 Å². The summed E-state index contributed by atoms with van der Waals surface area (Å²) in [7, 11) is 0. The first kappa shape index (κ1) is 67.1. The van der Waals surface area contributed by atoms with Crippen LogP contribution in [0.5, 0.6) is 0 Å². The van der Waals surface area contributed by atoms with Gasteiger partial charge in [0.2, 0.25) is 5.91 Å². The van der Waals surface area contributed by atoms with E-state index in [2.05, 4.69) is 19.2 Å². The van der Waals surface area contributed by atoms with Crippen LogP contribution in [0.25, 0.3) is 0 Å². The van der Waals surface area contributed by atoms with E-state index in [1.54, 1.807) is 0 Å². The highest BCUT2D eigenvalue weighted by atomic mass is 16.7. The molecule has 0 saturated carbocycles. The first-order chi connectivity index (χ1) is 35.1. The Morgan fingerprint density at radius 3 is 1.18 bits per heavy atom. The van der Waals surface area contributed by atoms with Crippen LogP contribution >= 0.6 is 0 Å². The van der Waals surface area contributed by atoms with Crippen molar-refractivity contribution >= 4 is 5.91 Å². The Morgan fingerprint density at radius 1 is 0.444 bits per heavy atom. The third-order valence-electron chi connectivity index (χ3n) is 15.3. The van der Waals surface area contributed by atoms with Crippen molar-refractivity contribution in [2.75, 3.05) is 19.8 Å². The number of ether oxygens (including phenoxy) is 4. The molecular weight excluding hydrogens is 919 g/mol. The molecule has 0 bridgehead atoms. The van der Waals surface area contributed by atoms with Gasteiger partial charge in [-0.3, -0.25) is 4.79 Å². The average molecular weight is 1030 g/mol. The highest BCUT2D eigenvalue weighted by Crippen LogP contribution is 2.30. The fourth-order valence-electron chi connectivity index (χ4n) is 10.4. The fraction of sp³-hybridized carbons (Fsp3) is 0.983. The molecule has 9 N–H and O–H groups in total. The first-order valence-electron chi connectivity index (χ1n) is 30.3. The molecule has 1 amide bonds. The van der Waals surface area contributed by atoms with Crippen LogP contribution in [0.15, 0.2) is 0 Å². The molecular formula is C58H113NO13. The molecule has 0 aliphatic carbocycles. The second kappa shape index (κ2) is 45.1. The largest absolute Gasteiger partial charge is 0.394 e. The van der Waals surface area contributed by atoms with Gasteiger partial charge in [-0.1, -0.05) is 251 Å². The molecule has 72 heavy (non-hydrogen) atoms. The lowest BCUT2D eigenvalue weighted by Crippen LogP contribution is -2.65. The zero-order valence-electron chi connectivity index (χ0n) is 46.0. The number of carbonyl (C=O) groups is 1. The Balaban J connectivity index is 1.67. The number of rotatable bonds is 49. The summed E-state index contributed by atoms with van der Waals surface area (Å²) < 4.78 is 22.8. The molecule has 2 heterocycles. The summed E-state index contributed by atoms with van der Waals surface area (Å²) in [6.45, 7) is 2.88. The maximum Gasteiger partial charge on any atom is 0.220 e. The molecule has 0 aromatic rings. The SMILES string of the molecule is CCCCCCCCCCCCCCCCCCCCCCCCCCCCC(=O)NC(COC1OC(CO)C(OC2OC(CO)C(O)C(O)C2O)C(O)C1O)C(O)CCCCCCCCCCCCCC. The second-order valence-corrected chi connectivity index (χ2v) is 21.8. The van der Waals surface area contributed by atoms with Gasteiger partial charge in [0, 0.05) is 6.42 Å². The van der Waals surface area contributed by atoms with Crippen LogP contribution in [-0.4, -0.2) is 140 Å². The summed E-state index contributed by atoms with van der Waals surface area (Å²) in [5.74, 6) is -0.201. The predicted octanol–water partition coefficient (Wildman–Crippen LogP) is 10.1. The van der Waals surface area contributed by atoms with Crippen LogP contribution in [0, 0.1) is 0 Å². The van der Waals surface area contributed by atoms with E-state index in [1.807, 2.05) is 0 Å². The standard InChI is InChI=1S/C58H113NO13/c1-3-5-7-9-11-13-15-17-18-19-20-21-22-23-24-25-26-27-28-29-30-32-34-36-38-40-42-50(63)59-46(47(62)41-39-37-35-33-31-16-14-12-10-8-6-4-2)45-69-57-55(68)53(66)56(49(44-61)71-57)72-58-54(67)52(65)51(64)48(43-60)70-58/h46-49,51-58,60-62,64-68H,3-45H2,1-2H3,(H,59,63). The molecule has 0 aromatic heterocycles. The van der Waals surface area contributed by atoms with Crippen molar-refractivity contribution in [2.24, 2.45) is 0 Å². The van der Waals surface area contributed by atoms with Crippen molar-refractivity contribution in [3.63, 3.8) is 0 Å². The van der Waals surface area contributed by atoms with Gasteiger partial charge in [0.05, 0.1) is 32.0 Å². The number of aliphatic hydroxyl groups is 8. The molecule has 14 heteroatoms. The maximum absolute atomic E-state index is 13.3. The molecule has 2 fully saturated rings. The van der Waals surface area contributed by atoms with Gasteiger partial charge < -0.3 is 65.1 Å². The minimum absolute atomic E-state index is 0.201. The van der Waals surface area contributed by atoms with E-state index in [4.69, 9.17) is 18.9 Å². The molecule has 428 valence electrons. The van der Waals surface area contributed by atoms with Crippen LogP contribution in [0.3, 0.4) is 0 Å². The van der Waals surface area contributed by atoms with E-state index in [9.17, 15) is 45.6 Å². The van der Waals surface area contributed by atoms with E-state index in [1.165, 1.54) is 193 Å². The minimum Gasteiger partial charge on any atom is -0.394 e. The van der Waals surface area contributed by atoms with E-state index in [0.717, 1.165) is 51.4 Å². The number of hydrogen-bond acceptors (Lipinski definition) is 13. The summed E-state index contributed by atoms with van der Waals surface area (Å²) in [5.41, 5.74) is 0. The quantitative estimate of drug-likeness (QED) is 0.0259. The average Bonchev–Trinajstić information content (AvgIpc) is 3.38. The molecule has 14 nitrogen and oxygen atoms in total. The third-order valence-corrected chi connectivity index (χ3v) is 15.3. The lowest BCUT2D eigenvalue weighted by atomic mass is 9.97. The van der Waals surface area contributed by atoms with Crippen LogP contribution in [0.1, 0.15) is 271 Å². The molecule has 12 unspecified atom stereocenters. The molecule has 0 radical (unpaired) electrons. The van der Waals surface area contributed by atoms with Crippen molar-refractivity contribution in [3.05, 3.63) is 0 Å². The van der Waals surface area contributed by atoms with Gasteiger partial charge in [-0.2, -0.15) is 0 Å². The number of carbonyl (C=O) groups excluding carboxylic acids is 1. The van der Waals surface area contributed by atoms with Crippen molar-refractivity contribution in [2.45, 2.75) is 344 Å². The number of amides is 1. The monoisotopic (exact) mass is 1030 g/mol. The Morgan fingerprint density at radius 2 is 0.792 bits per heavy atom. The van der Waals surface area contributed by atoms with Gasteiger partial charge in [-0.05, 0) is 12.8 Å². The summed E-state index contributed by atoms with van der Waals surface area (Å²) in [4.78, 5) is 13.3. The number of unbranched alkanes of at least 4 members (excludes halogenated alkanes) is 36. The van der Waals surface area contributed by atoms with Crippen molar-refractivity contribution in [3.8, 4) is 0 Å². The topological polar surface area (TPSA) is 228 Å². The fourth-order valence-corrected chi connectivity index (χ4v) is 10.4. The van der Waals surface area contributed by atoms with Crippen LogP contribution in [0.2, 0.25) is 0 Å². The molecule has 2 rings (SSSR count). The Bertz CT molecular complexity index is 1220. The van der Waals surface area contributed by atoms with E-state index < -0.39 is 86.8 Å². The molecule has 0 aromatic carbocycles. The number of nitrogens with one attached hydrogen (secondary N) is 1. The first-order valence-corrected chi connectivity index (χ1v) is 30.3. The number of hydrogen-bond donors (Lipinski definition) is 9. The van der Waals surface area contributed by atoms with E-state index in [0.29, 0.717) is 12.8 Å². The highest BCUT2D eigenvalue weighted by Gasteiger charge is 2.51. The maximum atomic E-state index is 13.3. The number of aliphatic hydroxyl groups excluding tert-OH is 8. The Hall–Kier alpha value is -1.01. The van der Waals surface area contributed by atoms with E-state index in [-0.39, 0.29) is 12.5 Å². The zero-order valence-corrected chi connectivity index (χ0v) is 46.0. The zero-order chi connectivity index (χ0) is 52.4. The van der Waals surface area contributed by atoms with Gasteiger partial charge in [-0.25, -0.2) is 0 Å². The van der Waals surface area contributed by atoms with Gasteiger partial charge >= 0.3 is 0 Å². The van der Waals surface area contributed by atoms with Crippen LogP contribution in [-0.2, 0) is 23.7 Å². The molecule has 2 aliphatic heterocycles.